The summed E-state index contributed by atoms with van der Waals surface area (Å²) >= 11 is 12.2. The highest BCUT2D eigenvalue weighted by Gasteiger charge is 2.29. The summed E-state index contributed by atoms with van der Waals surface area (Å²) in [5.74, 6) is 0.184. The lowest BCUT2D eigenvalue weighted by molar-refractivity contribution is -0.143. The average molecular weight is 465 g/mol. The Morgan fingerprint density at radius 3 is 2.39 bits per heavy atom. The number of rotatable bonds is 10. The molecular formula is C24H30Cl2N2O3. The van der Waals surface area contributed by atoms with Crippen molar-refractivity contribution in [1.29, 1.82) is 0 Å². The van der Waals surface area contributed by atoms with Gasteiger partial charge in [0.1, 0.15) is 11.8 Å². The van der Waals surface area contributed by atoms with Gasteiger partial charge in [0, 0.05) is 12.6 Å². The van der Waals surface area contributed by atoms with Crippen molar-refractivity contribution >= 4 is 35.0 Å². The van der Waals surface area contributed by atoms with Crippen molar-refractivity contribution < 1.29 is 14.3 Å². The first-order valence-corrected chi connectivity index (χ1v) is 11.2. The number of benzene rings is 2. The second-order valence-electron chi connectivity index (χ2n) is 7.57. The third-order valence-corrected chi connectivity index (χ3v) is 5.91. The number of ether oxygens (including phenoxy) is 1. The van der Waals surface area contributed by atoms with Gasteiger partial charge < -0.3 is 15.0 Å². The number of para-hydroxylation sites is 1. The van der Waals surface area contributed by atoms with Gasteiger partial charge in [0.05, 0.1) is 10.0 Å². The van der Waals surface area contributed by atoms with Crippen LogP contribution in [0.25, 0.3) is 0 Å². The summed E-state index contributed by atoms with van der Waals surface area (Å²) < 4.78 is 5.77. The van der Waals surface area contributed by atoms with E-state index in [1.54, 1.807) is 23.1 Å². The van der Waals surface area contributed by atoms with Crippen LogP contribution in [0.3, 0.4) is 0 Å². The third kappa shape index (κ3) is 7.15. The number of hydrogen-bond donors (Lipinski definition) is 1. The second-order valence-corrected chi connectivity index (χ2v) is 8.38. The summed E-state index contributed by atoms with van der Waals surface area (Å²) in [5, 5.41) is 3.82. The Kier molecular flexibility index (Phi) is 9.66. The Bertz CT molecular complexity index is 904. The zero-order valence-electron chi connectivity index (χ0n) is 18.5. The van der Waals surface area contributed by atoms with Crippen LogP contribution in [-0.2, 0) is 16.1 Å². The predicted octanol–water partition coefficient (Wildman–Crippen LogP) is 5.40. The quantitative estimate of drug-likeness (QED) is 0.511. The van der Waals surface area contributed by atoms with Crippen LogP contribution in [0.5, 0.6) is 5.75 Å². The van der Waals surface area contributed by atoms with Gasteiger partial charge in [0.25, 0.3) is 5.91 Å². The van der Waals surface area contributed by atoms with E-state index in [4.69, 9.17) is 27.9 Å². The highest BCUT2D eigenvalue weighted by Crippen LogP contribution is 2.24. The van der Waals surface area contributed by atoms with E-state index >= 15 is 0 Å². The Morgan fingerprint density at radius 1 is 1.06 bits per heavy atom. The Hall–Kier alpha value is -2.24. The van der Waals surface area contributed by atoms with Crippen molar-refractivity contribution in [1.82, 2.24) is 10.2 Å². The molecule has 2 amide bonds. The van der Waals surface area contributed by atoms with Crippen LogP contribution >= 0.6 is 23.2 Å². The minimum Gasteiger partial charge on any atom is -0.484 e. The number of hydrogen-bond acceptors (Lipinski definition) is 3. The second kappa shape index (κ2) is 12.0. The summed E-state index contributed by atoms with van der Waals surface area (Å²) in [5.41, 5.74) is 1.72. The topological polar surface area (TPSA) is 58.6 Å². The third-order valence-electron chi connectivity index (χ3n) is 5.17. The maximum absolute atomic E-state index is 13.2. The van der Waals surface area contributed by atoms with E-state index < -0.39 is 6.04 Å². The SMILES string of the molecule is CCC(C)NC(=O)C(CC)N(Cc1ccc(Cl)c(Cl)c1)C(=O)COc1ccccc1C. The van der Waals surface area contributed by atoms with E-state index in [2.05, 4.69) is 5.32 Å². The molecular weight excluding hydrogens is 435 g/mol. The molecule has 7 heteroatoms. The maximum atomic E-state index is 13.2. The van der Waals surface area contributed by atoms with Crippen molar-refractivity contribution in [3.63, 3.8) is 0 Å². The van der Waals surface area contributed by atoms with E-state index in [0.717, 1.165) is 17.5 Å². The molecule has 0 aliphatic rings. The summed E-state index contributed by atoms with van der Waals surface area (Å²) in [4.78, 5) is 27.7. The molecule has 0 fully saturated rings. The fourth-order valence-corrected chi connectivity index (χ4v) is 3.46. The number of carbonyl (C=O) groups excluding carboxylic acids is 2. The first kappa shape index (κ1) is 25.0. The fraction of sp³-hybridized carbons (Fsp3) is 0.417. The van der Waals surface area contributed by atoms with Gasteiger partial charge in [0.15, 0.2) is 6.61 Å². The summed E-state index contributed by atoms with van der Waals surface area (Å²) in [6, 6.07) is 12.1. The number of aryl methyl sites for hydroxylation is 1. The minimum atomic E-state index is -0.628. The highest BCUT2D eigenvalue weighted by molar-refractivity contribution is 6.42. The molecule has 0 saturated carbocycles. The van der Waals surface area contributed by atoms with Gasteiger partial charge in [-0.1, -0.05) is 61.3 Å². The van der Waals surface area contributed by atoms with Crippen LogP contribution in [-0.4, -0.2) is 35.4 Å². The van der Waals surface area contributed by atoms with Crippen molar-refractivity contribution in [2.24, 2.45) is 0 Å². The highest BCUT2D eigenvalue weighted by atomic mass is 35.5. The fourth-order valence-electron chi connectivity index (χ4n) is 3.14. The molecule has 0 bridgehead atoms. The van der Waals surface area contributed by atoms with Crippen LogP contribution in [0.4, 0.5) is 0 Å². The maximum Gasteiger partial charge on any atom is 0.261 e. The van der Waals surface area contributed by atoms with Gasteiger partial charge in [-0.05, 0) is 56.0 Å². The number of nitrogens with one attached hydrogen (secondary N) is 1. The molecule has 31 heavy (non-hydrogen) atoms. The number of amides is 2. The predicted molar refractivity (Wildman–Crippen MR) is 126 cm³/mol. The monoisotopic (exact) mass is 464 g/mol. The number of halogens is 2. The molecule has 0 aromatic heterocycles. The van der Waals surface area contributed by atoms with E-state index in [1.165, 1.54) is 0 Å². The lowest BCUT2D eigenvalue weighted by atomic mass is 10.1. The molecule has 168 valence electrons. The summed E-state index contributed by atoms with van der Waals surface area (Å²) in [6.45, 7) is 7.80. The summed E-state index contributed by atoms with van der Waals surface area (Å²) in [7, 11) is 0. The van der Waals surface area contributed by atoms with Crippen LogP contribution in [0, 0.1) is 6.92 Å². The molecule has 0 saturated heterocycles. The van der Waals surface area contributed by atoms with Crippen LogP contribution in [0.2, 0.25) is 10.0 Å². The van der Waals surface area contributed by atoms with E-state index in [1.807, 2.05) is 52.0 Å². The standard InChI is InChI=1S/C24H30Cl2N2O3/c1-5-17(4)27-24(30)21(6-2)28(14-18-11-12-19(25)20(26)13-18)23(29)15-31-22-10-8-7-9-16(22)3/h7-13,17,21H,5-6,14-15H2,1-4H3,(H,27,30). The van der Waals surface area contributed by atoms with E-state index in [0.29, 0.717) is 22.2 Å². The lowest BCUT2D eigenvalue weighted by Crippen LogP contribution is -2.51. The lowest BCUT2D eigenvalue weighted by Gasteiger charge is -2.31. The van der Waals surface area contributed by atoms with Crippen LogP contribution in [0.15, 0.2) is 42.5 Å². The van der Waals surface area contributed by atoms with Crippen molar-refractivity contribution in [3.05, 3.63) is 63.6 Å². The van der Waals surface area contributed by atoms with Crippen molar-refractivity contribution in [2.75, 3.05) is 6.61 Å². The normalized spacial score (nSPS) is 12.7. The first-order valence-electron chi connectivity index (χ1n) is 10.5. The summed E-state index contributed by atoms with van der Waals surface area (Å²) in [6.07, 6.45) is 1.28. The molecule has 5 nitrogen and oxygen atoms in total. The number of carbonyl (C=O) groups is 2. The van der Waals surface area contributed by atoms with Gasteiger partial charge in [-0.15, -0.1) is 0 Å². The Morgan fingerprint density at radius 2 is 1.77 bits per heavy atom. The smallest absolute Gasteiger partial charge is 0.261 e. The van der Waals surface area contributed by atoms with Gasteiger partial charge in [0.2, 0.25) is 5.91 Å². The molecule has 0 spiro atoms. The molecule has 0 aliphatic heterocycles. The molecule has 0 heterocycles. The molecule has 2 atom stereocenters. The average Bonchev–Trinajstić information content (AvgIpc) is 2.75. The molecule has 0 radical (unpaired) electrons. The molecule has 2 rings (SSSR count). The molecule has 0 aliphatic carbocycles. The Balaban J connectivity index is 2.26. The van der Waals surface area contributed by atoms with Crippen LogP contribution in [0.1, 0.15) is 44.7 Å². The molecule has 2 aromatic carbocycles. The molecule has 2 aromatic rings. The molecule has 1 N–H and O–H groups in total. The van der Waals surface area contributed by atoms with Gasteiger partial charge >= 0.3 is 0 Å². The first-order chi connectivity index (χ1) is 14.8. The van der Waals surface area contributed by atoms with E-state index in [-0.39, 0.29) is 31.0 Å². The largest absolute Gasteiger partial charge is 0.484 e. The zero-order valence-corrected chi connectivity index (χ0v) is 20.0. The van der Waals surface area contributed by atoms with E-state index in [9.17, 15) is 9.59 Å². The Labute approximate surface area is 194 Å². The number of nitrogens with zero attached hydrogens (tertiary/aromatic N) is 1. The molecule has 2 unspecified atom stereocenters. The van der Waals surface area contributed by atoms with Gasteiger partial charge in [-0.3, -0.25) is 9.59 Å². The van der Waals surface area contributed by atoms with Gasteiger partial charge in [-0.25, -0.2) is 0 Å². The van der Waals surface area contributed by atoms with Crippen molar-refractivity contribution in [3.8, 4) is 5.75 Å². The van der Waals surface area contributed by atoms with Gasteiger partial charge in [-0.2, -0.15) is 0 Å². The zero-order chi connectivity index (χ0) is 23.0. The van der Waals surface area contributed by atoms with Crippen LogP contribution < -0.4 is 10.1 Å². The van der Waals surface area contributed by atoms with Crippen molar-refractivity contribution in [2.45, 2.75) is 59.2 Å². The minimum absolute atomic E-state index is 0.0201.